The molecule has 0 spiro atoms. The molecule has 2 N–H and O–H groups in total. The fourth-order valence-electron chi connectivity index (χ4n) is 3.99. The Morgan fingerprint density at radius 2 is 1.65 bits per heavy atom. The van der Waals surface area contributed by atoms with Gasteiger partial charge < -0.3 is 10.4 Å². The van der Waals surface area contributed by atoms with Gasteiger partial charge in [-0.1, -0.05) is 41.4 Å². The van der Waals surface area contributed by atoms with Crippen LogP contribution in [0.5, 0.6) is 5.75 Å². The van der Waals surface area contributed by atoms with Gasteiger partial charge in [-0.2, -0.15) is 0 Å². The lowest BCUT2D eigenvalue weighted by atomic mass is 9.96. The molecule has 0 saturated heterocycles. The molecule has 4 rings (SSSR count). The van der Waals surface area contributed by atoms with E-state index in [0.717, 1.165) is 33.2 Å². The Bertz CT molecular complexity index is 1320. The molecule has 0 aliphatic carbocycles. The van der Waals surface area contributed by atoms with Crippen molar-refractivity contribution in [2.45, 2.75) is 27.7 Å². The summed E-state index contributed by atoms with van der Waals surface area (Å²) < 4.78 is 0. The minimum absolute atomic E-state index is 0.201. The lowest BCUT2D eigenvalue weighted by Gasteiger charge is -2.17. The van der Waals surface area contributed by atoms with E-state index in [9.17, 15) is 9.90 Å². The Balaban J connectivity index is 1.91. The molecule has 0 radical (unpaired) electrons. The number of aryl methyl sites for hydroxylation is 4. The van der Waals surface area contributed by atoms with Crippen LogP contribution in [0.15, 0.2) is 54.7 Å². The Morgan fingerprint density at radius 1 is 0.968 bits per heavy atom. The number of aromatic nitrogens is 1. The Hall–Kier alpha value is -3.37. The molecular formula is C26H23ClN2O2. The molecule has 1 heterocycles. The van der Waals surface area contributed by atoms with Crippen LogP contribution in [0.2, 0.25) is 5.02 Å². The first-order chi connectivity index (χ1) is 14.8. The van der Waals surface area contributed by atoms with E-state index >= 15 is 0 Å². The first kappa shape index (κ1) is 20.9. The second kappa shape index (κ2) is 8.05. The van der Waals surface area contributed by atoms with E-state index in [0.29, 0.717) is 27.4 Å². The predicted molar refractivity (Wildman–Crippen MR) is 127 cm³/mol. The SMILES string of the molecule is Cc1cc(C)c2ncc(NC(=O)c3cc(C)c(O)c(C)c3)c(-c3ccccc3Cl)c2c1. The van der Waals surface area contributed by atoms with Crippen LogP contribution in [0.1, 0.15) is 32.6 Å². The van der Waals surface area contributed by atoms with Crippen LogP contribution in [0.3, 0.4) is 0 Å². The molecule has 0 fully saturated rings. The maximum Gasteiger partial charge on any atom is 0.255 e. The standard InChI is InChI=1S/C26H23ClN2O2/c1-14-9-15(2)24-20(10-14)23(19-7-5-6-8-21(19)27)22(13-28-24)29-26(31)18-11-16(3)25(30)17(4)12-18/h5-13,30H,1-4H3,(H,29,31). The Morgan fingerprint density at radius 3 is 2.32 bits per heavy atom. The quantitative estimate of drug-likeness (QED) is 0.378. The number of nitrogens with zero attached hydrogens (tertiary/aromatic N) is 1. The topological polar surface area (TPSA) is 62.2 Å². The van der Waals surface area contributed by atoms with Crippen molar-refractivity contribution in [3.05, 3.63) is 87.6 Å². The number of hydrogen-bond acceptors (Lipinski definition) is 3. The summed E-state index contributed by atoms with van der Waals surface area (Å²) in [5.41, 5.74) is 7.06. The van der Waals surface area contributed by atoms with E-state index in [1.807, 2.05) is 38.1 Å². The molecule has 156 valence electrons. The van der Waals surface area contributed by atoms with E-state index in [1.54, 1.807) is 32.2 Å². The molecular weight excluding hydrogens is 408 g/mol. The van der Waals surface area contributed by atoms with Gasteiger partial charge in [0.2, 0.25) is 0 Å². The number of phenolic OH excluding ortho intramolecular Hbond substituents is 1. The molecule has 31 heavy (non-hydrogen) atoms. The number of halogens is 1. The number of pyridine rings is 1. The molecule has 0 atom stereocenters. The highest BCUT2D eigenvalue weighted by Gasteiger charge is 2.18. The molecule has 0 unspecified atom stereocenters. The average Bonchev–Trinajstić information content (AvgIpc) is 2.72. The fraction of sp³-hybridized carbons (Fsp3) is 0.154. The second-order valence-electron chi connectivity index (χ2n) is 7.92. The summed E-state index contributed by atoms with van der Waals surface area (Å²) in [6.07, 6.45) is 1.68. The number of carbonyl (C=O) groups excluding carboxylic acids is 1. The van der Waals surface area contributed by atoms with Gasteiger partial charge >= 0.3 is 0 Å². The highest BCUT2D eigenvalue weighted by Crippen LogP contribution is 2.39. The number of amides is 1. The number of benzene rings is 3. The molecule has 1 amide bonds. The zero-order valence-electron chi connectivity index (χ0n) is 17.9. The van der Waals surface area contributed by atoms with Crippen molar-refractivity contribution in [1.82, 2.24) is 4.98 Å². The lowest BCUT2D eigenvalue weighted by Crippen LogP contribution is -2.14. The number of nitrogens with one attached hydrogen (secondary N) is 1. The van der Waals surface area contributed by atoms with Crippen LogP contribution in [0.25, 0.3) is 22.0 Å². The molecule has 0 aliphatic rings. The fourth-order valence-corrected chi connectivity index (χ4v) is 4.22. The molecule has 0 saturated carbocycles. The molecule has 0 bridgehead atoms. The number of hydrogen-bond donors (Lipinski definition) is 2. The van der Waals surface area contributed by atoms with Crippen molar-refractivity contribution < 1.29 is 9.90 Å². The third kappa shape index (κ3) is 3.87. The van der Waals surface area contributed by atoms with Crippen LogP contribution in [0, 0.1) is 27.7 Å². The molecule has 0 aliphatic heterocycles. The van der Waals surface area contributed by atoms with Crippen LogP contribution in [-0.2, 0) is 0 Å². The Kier molecular flexibility index (Phi) is 5.42. The van der Waals surface area contributed by atoms with E-state index < -0.39 is 0 Å². The number of carbonyl (C=O) groups is 1. The highest BCUT2D eigenvalue weighted by atomic mass is 35.5. The normalized spacial score (nSPS) is 11.0. The number of rotatable bonds is 3. The maximum atomic E-state index is 13.1. The summed E-state index contributed by atoms with van der Waals surface area (Å²) in [5.74, 6) is -0.0725. The largest absolute Gasteiger partial charge is 0.507 e. The summed E-state index contributed by atoms with van der Waals surface area (Å²) in [7, 11) is 0. The molecule has 5 heteroatoms. The monoisotopic (exact) mass is 430 g/mol. The molecule has 4 aromatic rings. The number of fused-ring (bicyclic) bond motifs is 1. The number of phenols is 1. The van der Waals surface area contributed by atoms with Gasteiger partial charge in [-0.15, -0.1) is 0 Å². The average molecular weight is 431 g/mol. The van der Waals surface area contributed by atoms with Gasteiger partial charge in [-0.3, -0.25) is 9.78 Å². The van der Waals surface area contributed by atoms with Crippen LogP contribution in [-0.4, -0.2) is 16.0 Å². The van der Waals surface area contributed by atoms with E-state index in [1.165, 1.54) is 0 Å². The molecule has 4 nitrogen and oxygen atoms in total. The van der Waals surface area contributed by atoms with Crippen LogP contribution >= 0.6 is 11.6 Å². The van der Waals surface area contributed by atoms with Gasteiger partial charge in [0.25, 0.3) is 5.91 Å². The van der Waals surface area contributed by atoms with Gasteiger partial charge in [-0.25, -0.2) is 0 Å². The predicted octanol–water partition coefficient (Wildman–Crippen LogP) is 6.75. The minimum Gasteiger partial charge on any atom is -0.507 e. The van der Waals surface area contributed by atoms with Crippen molar-refractivity contribution >= 4 is 34.1 Å². The lowest BCUT2D eigenvalue weighted by molar-refractivity contribution is 0.102. The summed E-state index contributed by atoms with van der Waals surface area (Å²) >= 11 is 6.56. The van der Waals surface area contributed by atoms with Gasteiger partial charge in [-0.05, 0) is 68.7 Å². The van der Waals surface area contributed by atoms with E-state index in [4.69, 9.17) is 11.6 Å². The van der Waals surface area contributed by atoms with Crippen molar-refractivity contribution in [3.8, 4) is 16.9 Å². The first-order valence-electron chi connectivity index (χ1n) is 10.0. The number of anilines is 1. The van der Waals surface area contributed by atoms with E-state index in [-0.39, 0.29) is 11.7 Å². The van der Waals surface area contributed by atoms with E-state index in [2.05, 4.69) is 22.4 Å². The smallest absolute Gasteiger partial charge is 0.255 e. The second-order valence-corrected chi connectivity index (χ2v) is 8.32. The summed E-state index contributed by atoms with van der Waals surface area (Å²) in [4.78, 5) is 17.8. The van der Waals surface area contributed by atoms with Gasteiger partial charge in [0.15, 0.2) is 0 Å². The first-order valence-corrected chi connectivity index (χ1v) is 10.4. The zero-order valence-corrected chi connectivity index (χ0v) is 18.6. The van der Waals surface area contributed by atoms with Crippen molar-refractivity contribution in [1.29, 1.82) is 0 Å². The number of aromatic hydroxyl groups is 1. The van der Waals surface area contributed by atoms with Crippen LogP contribution < -0.4 is 5.32 Å². The Labute approximate surface area is 186 Å². The summed E-state index contributed by atoms with van der Waals surface area (Å²) in [6.45, 7) is 7.61. The molecule has 3 aromatic carbocycles. The summed E-state index contributed by atoms with van der Waals surface area (Å²) in [5, 5.41) is 14.6. The molecule has 1 aromatic heterocycles. The zero-order chi connectivity index (χ0) is 22.3. The van der Waals surface area contributed by atoms with Crippen molar-refractivity contribution in [2.24, 2.45) is 0 Å². The summed E-state index contributed by atoms with van der Waals surface area (Å²) in [6, 6.07) is 15.1. The minimum atomic E-state index is -0.273. The third-order valence-corrected chi connectivity index (χ3v) is 5.78. The van der Waals surface area contributed by atoms with Gasteiger partial charge in [0, 0.05) is 27.1 Å². The van der Waals surface area contributed by atoms with Gasteiger partial charge in [0.1, 0.15) is 5.75 Å². The van der Waals surface area contributed by atoms with Crippen molar-refractivity contribution in [3.63, 3.8) is 0 Å². The van der Waals surface area contributed by atoms with Crippen LogP contribution in [0.4, 0.5) is 5.69 Å². The van der Waals surface area contributed by atoms with Crippen molar-refractivity contribution in [2.75, 3.05) is 5.32 Å². The van der Waals surface area contributed by atoms with Gasteiger partial charge in [0.05, 0.1) is 17.4 Å². The third-order valence-electron chi connectivity index (χ3n) is 5.45. The maximum absolute atomic E-state index is 13.1. The highest BCUT2D eigenvalue weighted by molar-refractivity contribution is 6.34.